The van der Waals surface area contributed by atoms with Crippen LogP contribution in [0.2, 0.25) is 0 Å². The van der Waals surface area contributed by atoms with E-state index in [2.05, 4.69) is 102 Å². The molecule has 4 aromatic rings. The summed E-state index contributed by atoms with van der Waals surface area (Å²) in [6.07, 6.45) is 4.01. The monoisotopic (exact) mass is 324 g/mol. The van der Waals surface area contributed by atoms with Crippen molar-refractivity contribution in [2.45, 2.75) is 13.8 Å². The van der Waals surface area contributed by atoms with Crippen LogP contribution >= 0.6 is 0 Å². The third-order valence-electron chi connectivity index (χ3n) is 4.63. The molecule has 1 aromatic heterocycles. The molecular formula is C23H20N2. The molecule has 0 N–H and O–H groups in total. The van der Waals surface area contributed by atoms with E-state index in [1.807, 2.05) is 6.21 Å². The van der Waals surface area contributed by atoms with Crippen LogP contribution in [-0.2, 0) is 0 Å². The molecule has 0 fully saturated rings. The number of hydrogen-bond acceptors (Lipinski definition) is 1. The highest BCUT2D eigenvalue weighted by Crippen LogP contribution is 2.21. The SMILES string of the molecule is Cc1ccc(N=Cc2cccn2-c2ccc3ccccc3c2)cc1C. The molecule has 2 heteroatoms. The lowest BCUT2D eigenvalue weighted by molar-refractivity contribution is 1.07. The average molecular weight is 324 g/mol. The van der Waals surface area contributed by atoms with Gasteiger partial charge in [0.05, 0.1) is 17.6 Å². The third-order valence-corrected chi connectivity index (χ3v) is 4.63. The van der Waals surface area contributed by atoms with Gasteiger partial charge in [0, 0.05) is 11.9 Å². The van der Waals surface area contributed by atoms with E-state index in [-0.39, 0.29) is 0 Å². The first-order valence-corrected chi connectivity index (χ1v) is 8.48. The molecule has 0 radical (unpaired) electrons. The van der Waals surface area contributed by atoms with Gasteiger partial charge in [0.2, 0.25) is 0 Å². The predicted octanol–water partition coefficient (Wildman–Crippen LogP) is 6.00. The van der Waals surface area contributed by atoms with Crippen molar-refractivity contribution in [1.29, 1.82) is 0 Å². The van der Waals surface area contributed by atoms with Crippen LogP contribution in [0.4, 0.5) is 5.69 Å². The molecule has 3 aromatic carbocycles. The first kappa shape index (κ1) is 15.4. The lowest BCUT2D eigenvalue weighted by Crippen LogP contribution is -1.97. The highest BCUT2D eigenvalue weighted by Gasteiger charge is 2.03. The number of rotatable bonds is 3. The van der Waals surface area contributed by atoms with E-state index in [0.29, 0.717) is 0 Å². The van der Waals surface area contributed by atoms with Gasteiger partial charge in [-0.05, 0) is 72.1 Å². The van der Waals surface area contributed by atoms with E-state index in [9.17, 15) is 0 Å². The maximum Gasteiger partial charge on any atom is 0.0639 e. The summed E-state index contributed by atoms with van der Waals surface area (Å²) in [5.74, 6) is 0. The van der Waals surface area contributed by atoms with E-state index in [1.165, 1.54) is 21.9 Å². The minimum atomic E-state index is 0.981. The van der Waals surface area contributed by atoms with Crippen LogP contribution < -0.4 is 0 Å². The van der Waals surface area contributed by atoms with Gasteiger partial charge in [-0.15, -0.1) is 0 Å². The van der Waals surface area contributed by atoms with E-state index < -0.39 is 0 Å². The summed E-state index contributed by atoms with van der Waals surface area (Å²) in [5.41, 5.74) is 5.74. The van der Waals surface area contributed by atoms with Crippen molar-refractivity contribution in [3.05, 3.63) is 95.8 Å². The van der Waals surface area contributed by atoms with Crippen molar-refractivity contribution >= 4 is 22.7 Å². The van der Waals surface area contributed by atoms with Crippen molar-refractivity contribution in [1.82, 2.24) is 4.57 Å². The van der Waals surface area contributed by atoms with Crippen LogP contribution in [0.1, 0.15) is 16.8 Å². The van der Waals surface area contributed by atoms with Crippen LogP contribution in [0.25, 0.3) is 16.5 Å². The van der Waals surface area contributed by atoms with Crippen LogP contribution in [-0.4, -0.2) is 10.8 Å². The number of fused-ring (bicyclic) bond motifs is 1. The topological polar surface area (TPSA) is 17.3 Å². The Morgan fingerprint density at radius 1 is 0.760 bits per heavy atom. The summed E-state index contributed by atoms with van der Waals surface area (Å²) in [4.78, 5) is 4.65. The van der Waals surface area contributed by atoms with Crippen molar-refractivity contribution in [2.24, 2.45) is 4.99 Å². The second-order valence-electron chi connectivity index (χ2n) is 6.36. The highest BCUT2D eigenvalue weighted by molar-refractivity contribution is 5.86. The molecule has 4 rings (SSSR count). The summed E-state index contributed by atoms with van der Waals surface area (Å²) in [6.45, 7) is 4.24. The Morgan fingerprint density at radius 3 is 2.44 bits per heavy atom. The number of aryl methyl sites for hydroxylation is 2. The van der Waals surface area contributed by atoms with E-state index in [0.717, 1.165) is 17.1 Å². The summed E-state index contributed by atoms with van der Waals surface area (Å²) in [5, 5.41) is 2.49. The van der Waals surface area contributed by atoms with Gasteiger partial charge in [0.25, 0.3) is 0 Å². The van der Waals surface area contributed by atoms with Crippen LogP contribution in [0.3, 0.4) is 0 Å². The zero-order valence-corrected chi connectivity index (χ0v) is 14.5. The highest BCUT2D eigenvalue weighted by atomic mass is 15.0. The summed E-state index contributed by atoms with van der Waals surface area (Å²) in [7, 11) is 0. The van der Waals surface area contributed by atoms with Crippen LogP contribution in [0, 0.1) is 13.8 Å². The molecule has 0 aliphatic carbocycles. The fourth-order valence-corrected chi connectivity index (χ4v) is 3.01. The minimum absolute atomic E-state index is 0.981. The standard InChI is InChI=1S/C23H20N2/c1-17-9-11-21(14-18(17)2)24-16-23-8-5-13-25(23)22-12-10-19-6-3-4-7-20(19)15-22/h3-16H,1-2H3. The maximum atomic E-state index is 4.65. The first-order valence-electron chi connectivity index (χ1n) is 8.48. The second-order valence-corrected chi connectivity index (χ2v) is 6.36. The van der Waals surface area contributed by atoms with Gasteiger partial charge in [-0.3, -0.25) is 4.99 Å². The number of aliphatic imine (C=N–C) groups is 1. The Balaban J connectivity index is 1.69. The maximum absolute atomic E-state index is 4.65. The smallest absolute Gasteiger partial charge is 0.0639 e. The van der Waals surface area contributed by atoms with Crippen molar-refractivity contribution in [3.63, 3.8) is 0 Å². The summed E-state index contributed by atoms with van der Waals surface area (Å²) >= 11 is 0. The Bertz CT molecular complexity index is 1070. The largest absolute Gasteiger partial charge is 0.316 e. The molecule has 0 unspecified atom stereocenters. The number of nitrogens with zero attached hydrogens (tertiary/aromatic N) is 2. The molecule has 0 saturated carbocycles. The Morgan fingerprint density at radius 2 is 1.60 bits per heavy atom. The second kappa shape index (κ2) is 6.40. The lowest BCUT2D eigenvalue weighted by atomic mass is 10.1. The molecule has 0 aliphatic rings. The van der Waals surface area contributed by atoms with E-state index >= 15 is 0 Å². The molecule has 2 nitrogen and oxygen atoms in total. The Labute approximate surface area is 148 Å². The Hall–Kier alpha value is -3.13. The van der Waals surface area contributed by atoms with Gasteiger partial charge in [0.1, 0.15) is 0 Å². The number of aromatic nitrogens is 1. The summed E-state index contributed by atoms with van der Waals surface area (Å²) < 4.78 is 2.16. The molecule has 25 heavy (non-hydrogen) atoms. The molecule has 0 saturated heterocycles. The van der Waals surface area contributed by atoms with Gasteiger partial charge >= 0.3 is 0 Å². The number of benzene rings is 3. The molecule has 0 amide bonds. The van der Waals surface area contributed by atoms with Crippen molar-refractivity contribution in [3.8, 4) is 5.69 Å². The van der Waals surface area contributed by atoms with Gasteiger partial charge < -0.3 is 4.57 Å². The van der Waals surface area contributed by atoms with E-state index in [1.54, 1.807) is 0 Å². The first-order chi connectivity index (χ1) is 12.2. The molecule has 0 bridgehead atoms. The molecule has 122 valence electrons. The fourth-order valence-electron chi connectivity index (χ4n) is 3.01. The lowest BCUT2D eigenvalue weighted by Gasteiger charge is -2.08. The molecule has 0 aliphatic heterocycles. The van der Waals surface area contributed by atoms with Gasteiger partial charge in [-0.1, -0.05) is 36.4 Å². The molecule has 0 atom stereocenters. The van der Waals surface area contributed by atoms with E-state index in [4.69, 9.17) is 0 Å². The fraction of sp³-hybridized carbons (Fsp3) is 0.0870. The quantitative estimate of drug-likeness (QED) is 0.411. The van der Waals surface area contributed by atoms with Crippen LogP contribution in [0.15, 0.2) is 84.0 Å². The van der Waals surface area contributed by atoms with Gasteiger partial charge in [-0.2, -0.15) is 0 Å². The van der Waals surface area contributed by atoms with Gasteiger partial charge in [-0.25, -0.2) is 0 Å². The Kier molecular flexibility index (Phi) is 3.95. The molecular weight excluding hydrogens is 304 g/mol. The predicted molar refractivity (Wildman–Crippen MR) is 106 cm³/mol. The number of hydrogen-bond donors (Lipinski definition) is 0. The zero-order chi connectivity index (χ0) is 17.2. The molecule has 0 spiro atoms. The minimum Gasteiger partial charge on any atom is -0.316 e. The normalized spacial score (nSPS) is 11.4. The zero-order valence-electron chi connectivity index (χ0n) is 14.5. The molecule has 1 heterocycles. The van der Waals surface area contributed by atoms with Gasteiger partial charge in [0.15, 0.2) is 0 Å². The third kappa shape index (κ3) is 3.11. The average Bonchev–Trinajstić information content (AvgIpc) is 3.11. The van der Waals surface area contributed by atoms with Crippen LogP contribution in [0.5, 0.6) is 0 Å². The van der Waals surface area contributed by atoms with Crippen molar-refractivity contribution in [2.75, 3.05) is 0 Å². The summed E-state index contributed by atoms with van der Waals surface area (Å²) in [6, 6.07) is 25.4. The van der Waals surface area contributed by atoms with Crippen molar-refractivity contribution < 1.29 is 0 Å².